The van der Waals surface area contributed by atoms with Gasteiger partial charge in [-0.1, -0.05) is 32.4 Å². The predicted octanol–water partition coefficient (Wildman–Crippen LogP) is 5.03. The molecule has 0 atom stereocenters. The fourth-order valence-electron chi connectivity index (χ4n) is 2.71. The van der Waals surface area contributed by atoms with Crippen molar-refractivity contribution in [1.29, 1.82) is 0 Å². The Balaban J connectivity index is 1.87. The molecule has 0 radical (unpaired) electrons. The summed E-state index contributed by atoms with van der Waals surface area (Å²) >= 11 is 5.93. The Kier molecular flexibility index (Phi) is 5.10. The van der Waals surface area contributed by atoms with Crippen molar-refractivity contribution in [2.45, 2.75) is 52.5 Å². The molecule has 0 saturated carbocycles. The van der Waals surface area contributed by atoms with E-state index in [4.69, 9.17) is 16.7 Å². The molecule has 6 nitrogen and oxygen atoms in total. The van der Waals surface area contributed by atoms with E-state index in [2.05, 4.69) is 52.0 Å². The van der Waals surface area contributed by atoms with Gasteiger partial charge in [0, 0.05) is 22.7 Å². The van der Waals surface area contributed by atoms with Crippen LogP contribution in [0.1, 0.15) is 57.6 Å². The molecule has 0 aliphatic carbocycles. The maximum Gasteiger partial charge on any atom is 0.260 e. The number of nitrogens with one attached hydrogen (secondary N) is 1. The molecule has 0 fully saturated rings. The van der Waals surface area contributed by atoms with Gasteiger partial charge in [0.1, 0.15) is 5.82 Å². The van der Waals surface area contributed by atoms with Gasteiger partial charge >= 0.3 is 0 Å². The Morgan fingerprint density at radius 2 is 1.71 bits per heavy atom. The van der Waals surface area contributed by atoms with E-state index in [9.17, 15) is 4.79 Å². The van der Waals surface area contributed by atoms with E-state index in [-0.39, 0.29) is 16.9 Å². The minimum absolute atomic E-state index is 0.116. The van der Waals surface area contributed by atoms with Crippen molar-refractivity contribution >= 4 is 23.3 Å². The van der Waals surface area contributed by atoms with E-state index in [0.717, 1.165) is 11.4 Å². The van der Waals surface area contributed by atoms with Crippen molar-refractivity contribution in [3.63, 3.8) is 0 Å². The Morgan fingerprint density at radius 1 is 1.07 bits per heavy atom. The SMILES string of the molecule is CC(C)(C)c1cc(NC(=O)c2cnn(-c3ccc(Cl)cc3)c2)n(C(C)(C)C)n1. The molecule has 28 heavy (non-hydrogen) atoms. The first-order valence-corrected chi connectivity index (χ1v) is 9.56. The first kappa shape index (κ1) is 20.1. The number of rotatable bonds is 3. The zero-order valence-electron chi connectivity index (χ0n) is 17.1. The molecule has 0 unspecified atom stereocenters. The Morgan fingerprint density at radius 3 is 2.29 bits per heavy atom. The number of hydrogen-bond acceptors (Lipinski definition) is 3. The first-order valence-electron chi connectivity index (χ1n) is 9.18. The summed E-state index contributed by atoms with van der Waals surface area (Å²) in [5.41, 5.74) is 1.84. The number of amides is 1. The molecule has 148 valence electrons. The van der Waals surface area contributed by atoms with Crippen molar-refractivity contribution in [2.75, 3.05) is 5.32 Å². The van der Waals surface area contributed by atoms with Crippen molar-refractivity contribution in [1.82, 2.24) is 19.6 Å². The van der Waals surface area contributed by atoms with E-state index >= 15 is 0 Å². The second kappa shape index (κ2) is 7.09. The molecule has 2 heterocycles. The third kappa shape index (κ3) is 4.28. The smallest absolute Gasteiger partial charge is 0.260 e. The number of nitrogens with zero attached hydrogens (tertiary/aromatic N) is 4. The number of aromatic nitrogens is 4. The van der Waals surface area contributed by atoms with Crippen LogP contribution >= 0.6 is 11.6 Å². The molecule has 1 aromatic carbocycles. The average molecular weight is 400 g/mol. The van der Waals surface area contributed by atoms with Gasteiger partial charge in [0.05, 0.1) is 28.7 Å². The third-order valence-corrected chi connectivity index (χ3v) is 4.54. The predicted molar refractivity (Wildman–Crippen MR) is 112 cm³/mol. The summed E-state index contributed by atoms with van der Waals surface area (Å²) in [6.45, 7) is 12.5. The average Bonchev–Trinajstić information content (AvgIpc) is 3.21. The van der Waals surface area contributed by atoms with Gasteiger partial charge in [0.25, 0.3) is 5.91 Å². The third-order valence-electron chi connectivity index (χ3n) is 4.29. The molecule has 0 saturated heterocycles. The lowest BCUT2D eigenvalue weighted by Gasteiger charge is -2.22. The van der Waals surface area contributed by atoms with Gasteiger partial charge in [0.15, 0.2) is 0 Å². The van der Waals surface area contributed by atoms with E-state index in [1.807, 2.05) is 22.9 Å². The lowest BCUT2D eigenvalue weighted by atomic mass is 9.92. The van der Waals surface area contributed by atoms with Gasteiger partial charge in [-0.25, -0.2) is 9.36 Å². The zero-order chi connectivity index (χ0) is 20.7. The van der Waals surface area contributed by atoms with E-state index in [1.54, 1.807) is 29.2 Å². The minimum atomic E-state index is -0.264. The van der Waals surface area contributed by atoms with Crippen LogP contribution in [0, 0.1) is 0 Å². The van der Waals surface area contributed by atoms with Crippen LogP contribution in [0.2, 0.25) is 5.02 Å². The summed E-state index contributed by atoms with van der Waals surface area (Å²) in [6.07, 6.45) is 3.24. The van der Waals surface area contributed by atoms with Crippen molar-refractivity contribution < 1.29 is 4.79 Å². The van der Waals surface area contributed by atoms with Gasteiger partial charge in [-0.2, -0.15) is 10.2 Å². The summed E-state index contributed by atoms with van der Waals surface area (Å²) in [7, 11) is 0. The maximum atomic E-state index is 12.8. The number of benzene rings is 1. The number of anilines is 1. The highest BCUT2D eigenvalue weighted by Gasteiger charge is 2.26. The summed E-state index contributed by atoms with van der Waals surface area (Å²) in [5.74, 6) is 0.438. The Labute approximate surface area is 170 Å². The molecular formula is C21H26ClN5O. The minimum Gasteiger partial charge on any atom is -0.307 e. The van der Waals surface area contributed by atoms with Crippen LogP contribution in [0.4, 0.5) is 5.82 Å². The van der Waals surface area contributed by atoms with Crippen LogP contribution in [-0.4, -0.2) is 25.5 Å². The van der Waals surface area contributed by atoms with Crippen molar-refractivity contribution in [2.24, 2.45) is 0 Å². The summed E-state index contributed by atoms with van der Waals surface area (Å²) in [4.78, 5) is 12.8. The molecule has 3 aromatic rings. The van der Waals surface area contributed by atoms with Crippen LogP contribution < -0.4 is 5.32 Å². The fraction of sp³-hybridized carbons (Fsp3) is 0.381. The number of carbonyl (C=O) groups is 1. The molecule has 0 aliphatic rings. The number of halogens is 1. The quantitative estimate of drug-likeness (QED) is 0.671. The van der Waals surface area contributed by atoms with Crippen LogP contribution in [-0.2, 0) is 11.0 Å². The molecule has 0 aliphatic heterocycles. The largest absolute Gasteiger partial charge is 0.307 e. The van der Waals surface area contributed by atoms with Gasteiger partial charge < -0.3 is 5.32 Å². The second-order valence-electron chi connectivity index (χ2n) is 8.85. The van der Waals surface area contributed by atoms with Gasteiger partial charge in [-0.3, -0.25) is 4.79 Å². The second-order valence-corrected chi connectivity index (χ2v) is 9.29. The van der Waals surface area contributed by atoms with E-state index in [1.165, 1.54) is 0 Å². The van der Waals surface area contributed by atoms with Crippen molar-refractivity contribution in [3.8, 4) is 5.69 Å². The zero-order valence-corrected chi connectivity index (χ0v) is 17.9. The lowest BCUT2D eigenvalue weighted by Crippen LogP contribution is -2.27. The van der Waals surface area contributed by atoms with Crippen LogP contribution in [0.5, 0.6) is 0 Å². The standard InChI is InChI=1S/C21H26ClN5O/c1-20(2,3)17-11-18(27(25-17)21(4,5)6)24-19(28)14-12-23-26(13-14)16-9-7-15(22)8-10-16/h7-13H,1-6H3,(H,24,28). The number of hydrogen-bond donors (Lipinski definition) is 1. The Hall–Kier alpha value is -2.60. The van der Waals surface area contributed by atoms with Gasteiger partial charge in [-0.05, 0) is 45.0 Å². The van der Waals surface area contributed by atoms with E-state index in [0.29, 0.717) is 16.4 Å². The molecule has 3 rings (SSSR count). The normalized spacial score (nSPS) is 12.2. The number of carbonyl (C=O) groups excluding carboxylic acids is 1. The molecular weight excluding hydrogens is 374 g/mol. The highest BCUT2D eigenvalue weighted by molar-refractivity contribution is 6.30. The van der Waals surface area contributed by atoms with Crippen LogP contribution in [0.15, 0.2) is 42.7 Å². The van der Waals surface area contributed by atoms with Gasteiger partial charge in [-0.15, -0.1) is 0 Å². The molecule has 1 amide bonds. The summed E-state index contributed by atoms with van der Waals surface area (Å²) in [5, 5.41) is 12.7. The van der Waals surface area contributed by atoms with Gasteiger partial charge in [0.2, 0.25) is 0 Å². The lowest BCUT2D eigenvalue weighted by molar-refractivity contribution is 0.102. The monoisotopic (exact) mass is 399 g/mol. The molecule has 2 aromatic heterocycles. The first-order chi connectivity index (χ1) is 12.9. The molecule has 1 N–H and O–H groups in total. The van der Waals surface area contributed by atoms with Crippen LogP contribution in [0.25, 0.3) is 5.69 Å². The molecule has 0 spiro atoms. The summed E-state index contributed by atoms with van der Waals surface area (Å²) in [6, 6.07) is 9.21. The molecule has 7 heteroatoms. The highest BCUT2D eigenvalue weighted by atomic mass is 35.5. The maximum absolute atomic E-state index is 12.8. The fourth-order valence-corrected chi connectivity index (χ4v) is 2.84. The Bertz CT molecular complexity index is 987. The van der Waals surface area contributed by atoms with Crippen LogP contribution in [0.3, 0.4) is 0 Å². The topological polar surface area (TPSA) is 64.7 Å². The summed E-state index contributed by atoms with van der Waals surface area (Å²) < 4.78 is 3.50. The van der Waals surface area contributed by atoms with E-state index < -0.39 is 0 Å². The highest BCUT2D eigenvalue weighted by Crippen LogP contribution is 2.28. The van der Waals surface area contributed by atoms with Crippen molar-refractivity contribution in [3.05, 3.63) is 59.0 Å². The molecule has 0 bridgehead atoms.